The number of nitrogens with zero attached hydrogens (tertiary/aromatic N) is 2. The molecule has 2 rings (SSSR count). The third-order valence-electron chi connectivity index (χ3n) is 3.51. The van der Waals surface area contributed by atoms with E-state index in [4.69, 9.17) is 44.6 Å². The van der Waals surface area contributed by atoms with Gasteiger partial charge in [0.1, 0.15) is 12.3 Å². The topological polar surface area (TPSA) is 101 Å². The number of hydrogen-bond donors (Lipinski definition) is 2. The van der Waals surface area contributed by atoms with Gasteiger partial charge in [-0.1, -0.05) is 48.7 Å². The molecule has 2 N–H and O–H groups in total. The number of benzene rings is 1. The average Bonchev–Trinajstić information content (AvgIpc) is 2.62. The lowest BCUT2D eigenvalue weighted by atomic mass is 10.1. The summed E-state index contributed by atoms with van der Waals surface area (Å²) in [6.07, 6.45) is 2.60. The zero-order valence-corrected chi connectivity index (χ0v) is 17.1. The molecule has 0 amide bonds. The Bertz CT molecular complexity index is 896. The third kappa shape index (κ3) is 5.82. The highest BCUT2D eigenvalue weighted by molar-refractivity contribution is 6.37. The number of rotatable bonds is 8. The number of halogens is 3. The first kappa shape index (κ1) is 21.9. The molecule has 2 aromatic rings. The van der Waals surface area contributed by atoms with Crippen LogP contribution in [0.1, 0.15) is 25.3 Å². The Balaban J connectivity index is 2.25. The number of carbonyl (C=O) groups excluding carboxylic acids is 1. The number of ether oxygens (including phenoxy) is 1. The fourth-order valence-electron chi connectivity index (χ4n) is 2.18. The van der Waals surface area contributed by atoms with Gasteiger partial charge >= 0.3 is 5.97 Å². The van der Waals surface area contributed by atoms with Crippen LogP contribution in [-0.4, -0.2) is 33.6 Å². The summed E-state index contributed by atoms with van der Waals surface area (Å²) in [5.41, 5.74) is 1.16. The zero-order valence-electron chi connectivity index (χ0n) is 14.8. The van der Waals surface area contributed by atoms with Crippen LogP contribution in [0.5, 0.6) is 11.6 Å². The van der Waals surface area contributed by atoms with Gasteiger partial charge in [-0.15, -0.1) is 10.2 Å². The maximum absolute atomic E-state index is 11.1. The van der Waals surface area contributed by atoms with Crippen molar-refractivity contribution in [3.05, 3.63) is 51.1 Å². The second-order valence-electron chi connectivity index (χ2n) is 5.96. The van der Waals surface area contributed by atoms with Gasteiger partial charge in [0, 0.05) is 17.8 Å². The minimum atomic E-state index is -1.17. The summed E-state index contributed by atoms with van der Waals surface area (Å²) in [5.74, 6) is -0.725. The second-order valence-corrected chi connectivity index (χ2v) is 7.13. The van der Waals surface area contributed by atoms with Gasteiger partial charge in [-0.2, -0.15) is 0 Å². The van der Waals surface area contributed by atoms with Crippen LogP contribution >= 0.6 is 34.8 Å². The standard InChI is InChI=1S/C18H16Cl3N3O4/c1-9(2)12-7-15(23-24-18(12)21)28-17-13(19)5-11(6-14(17)20)22-10(8-25)3-4-16(26)27/h3-10,22H,1-2H3,(H,26,27)/b4-3+. The van der Waals surface area contributed by atoms with Gasteiger partial charge < -0.3 is 20.0 Å². The third-order valence-corrected chi connectivity index (χ3v) is 4.36. The SMILES string of the molecule is CC(C)c1cc(Oc2c(Cl)cc(NC(C=O)/C=C/C(=O)O)cc2Cl)nnc1Cl. The largest absolute Gasteiger partial charge is 0.478 e. The normalized spacial score (nSPS) is 12.2. The first-order valence-electron chi connectivity index (χ1n) is 8.04. The van der Waals surface area contributed by atoms with E-state index in [2.05, 4.69) is 15.5 Å². The van der Waals surface area contributed by atoms with E-state index in [9.17, 15) is 9.59 Å². The lowest BCUT2D eigenvalue weighted by molar-refractivity contribution is -0.131. The molecule has 28 heavy (non-hydrogen) atoms. The molecular formula is C18H16Cl3N3O4. The van der Waals surface area contributed by atoms with Gasteiger partial charge in [0.05, 0.1) is 10.0 Å². The highest BCUT2D eigenvalue weighted by Crippen LogP contribution is 2.39. The summed E-state index contributed by atoms with van der Waals surface area (Å²) in [4.78, 5) is 21.7. The summed E-state index contributed by atoms with van der Waals surface area (Å²) >= 11 is 18.5. The number of carboxylic acids is 1. The minimum Gasteiger partial charge on any atom is -0.478 e. The monoisotopic (exact) mass is 443 g/mol. The number of aldehydes is 1. The van der Waals surface area contributed by atoms with Crippen molar-refractivity contribution < 1.29 is 19.4 Å². The summed E-state index contributed by atoms with van der Waals surface area (Å²) in [6, 6.07) is 3.75. The molecule has 0 saturated heterocycles. The van der Waals surface area contributed by atoms with Crippen LogP contribution in [0.15, 0.2) is 30.4 Å². The van der Waals surface area contributed by atoms with Gasteiger partial charge in [-0.05, 0) is 29.7 Å². The summed E-state index contributed by atoms with van der Waals surface area (Å²) in [6.45, 7) is 3.91. The Morgan fingerprint density at radius 2 is 1.82 bits per heavy atom. The molecule has 1 unspecified atom stereocenters. The van der Waals surface area contributed by atoms with E-state index in [1.165, 1.54) is 18.2 Å². The highest BCUT2D eigenvalue weighted by Gasteiger charge is 2.16. The number of nitrogens with one attached hydrogen (secondary N) is 1. The van der Waals surface area contributed by atoms with E-state index >= 15 is 0 Å². The van der Waals surface area contributed by atoms with Crippen LogP contribution in [-0.2, 0) is 9.59 Å². The summed E-state index contributed by atoms with van der Waals surface area (Å²) in [5, 5.41) is 19.8. The molecule has 1 atom stereocenters. The zero-order chi connectivity index (χ0) is 20.8. The predicted molar refractivity (Wildman–Crippen MR) is 108 cm³/mol. The molecule has 0 aliphatic carbocycles. The maximum atomic E-state index is 11.1. The van der Waals surface area contributed by atoms with E-state index in [-0.39, 0.29) is 32.7 Å². The molecule has 1 heterocycles. The molecule has 1 aromatic heterocycles. The second kappa shape index (κ2) is 9.73. The van der Waals surface area contributed by atoms with Crippen molar-refractivity contribution in [1.82, 2.24) is 10.2 Å². The van der Waals surface area contributed by atoms with E-state index < -0.39 is 12.0 Å². The van der Waals surface area contributed by atoms with Crippen LogP contribution in [0, 0.1) is 0 Å². The first-order valence-corrected chi connectivity index (χ1v) is 9.17. The van der Waals surface area contributed by atoms with Gasteiger partial charge in [-0.25, -0.2) is 4.79 Å². The molecule has 0 fully saturated rings. The summed E-state index contributed by atoms with van der Waals surface area (Å²) in [7, 11) is 0. The van der Waals surface area contributed by atoms with Crippen molar-refractivity contribution in [2.24, 2.45) is 0 Å². The molecule has 0 aliphatic rings. The van der Waals surface area contributed by atoms with Crippen LogP contribution in [0.2, 0.25) is 15.2 Å². The van der Waals surface area contributed by atoms with Crippen molar-refractivity contribution >= 4 is 52.7 Å². The number of carboxylic acid groups (broad SMARTS) is 1. The highest BCUT2D eigenvalue weighted by atomic mass is 35.5. The molecular weight excluding hydrogens is 429 g/mol. The molecule has 148 valence electrons. The number of carbonyl (C=O) groups is 2. The van der Waals surface area contributed by atoms with Gasteiger partial charge in [-0.3, -0.25) is 0 Å². The Morgan fingerprint density at radius 3 is 2.36 bits per heavy atom. The van der Waals surface area contributed by atoms with Gasteiger partial charge in [0.15, 0.2) is 10.9 Å². The minimum absolute atomic E-state index is 0.113. The average molecular weight is 445 g/mol. The fourth-order valence-corrected chi connectivity index (χ4v) is 3.05. The Kier molecular flexibility index (Phi) is 7.62. The van der Waals surface area contributed by atoms with Crippen molar-refractivity contribution in [2.45, 2.75) is 25.8 Å². The molecule has 0 aliphatic heterocycles. The maximum Gasteiger partial charge on any atom is 0.328 e. The van der Waals surface area contributed by atoms with E-state index in [0.29, 0.717) is 12.0 Å². The number of aliphatic carboxylic acids is 1. The number of hydrogen-bond acceptors (Lipinski definition) is 6. The molecule has 0 bridgehead atoms. The first-order chi connectivity index (χ1) is 13.2. The van der Waals surface area contributed by atoms with Gasteiger partial charge in [0.2, 0.25) is 5.88 Å². The fraction of sp³-hybridized carbons (Fsp3) is 0.222. The van der Waals surface area contributed by atoms with Gasteiger partial charge in [0.25, 0.3) is 0 Å². The Morgan fingerprint density at radius 1 is 1.18 bits per heavy atom. The number of aromatic nitrogens is 2. The van der Waals surface area contributed by atoms with Crippen LogP contribution < -0.4 is 10.1 Å². The van der Waals surface area contributed by atoms with Crippen molar-refractivity contribution in [3.8, 4) is 11.6 Å². The predicted octanol–water partition coefficient (Wildman–Crippen LogP) is 4.97. The van der Waals surface area contributed by atoms with Crippen LogP contribution in [0.4, 0.5) is 5.69 Å². The smallest absolute Gasteiger partial charge is 0.328 e. The number of anilines is 1. The van der Waals surface area contributed by atoms with E-state index in [1.807, 2.05) is 13.8 Å². The van der Waals surface area contributed by atoms with E-state index in [0.717, 1.165) is 11.6 Å². The molecule has 0 spiro atoms. The molecule has 0 radical (unpaired) electrons. The van der Waals surface area contributed by atoms with Crippen molar-refractivity contribution in [1.29, 1.82) is 0 Å². The lowest BCUT2D eigenvalue weighted by Crippen LogP contribution is -2.18. The summed E-state index contributed by atoms with van der Waals surface area (Å²) < 4.78 is 5.67. The van der Waals surface area contributed by atoms with Crippen molar-refractivity contribution in [2.75, 3.05) is 5.32 Å². The molecule has 1 aromatic carbocycles. The Hall–Kier alpha value is -2.35. The van der Waals surface area contributed by atoms with Crippen molar-refractivity contribution in [3.63, 3.8) is 0 Å². The molecule has 0 saturated carbocycles. The quantitative estimate of drug-likeness (QED) is 0.437. The molecule has 10 heteroatoms. The lowest BCUT2D eigenvalue weighted by Gasteiger charge is -2.15. The Labute approximate surface area is 176 Å². The molecule has 7 nitrogen and oxygen atoms in total. The van der Waals surface area contributed by atoms with Crippen LogP contribution in [0.25, 0.3) is 0 Å². The van der Waals surface area contributed by atoms with E-state index in [1.54, 1.807) is 6.07 Å². The van der Waals surface area contributed by atoms with Crippen LogP contribution in [0.3, 0.4) is 0 Å².